The third-order valence-electron chi connectivity index (χ3n) is 1.81. The van der Waals surface area contributed by atoms with Crippen molar-refractivity contribution in [3.05, 3.63) is 12.2 Å². The summed E-state index contributed by atoms with van der Waals surface area (Å²) in [6.07, 6.45) is 1.82. The number of nitrogens with two attached hydrogens (primary N) is 1. The van der Waals surface area contributed by atoms with E-state index in [0.29, 0.717) is 12.4 Å². The molecular formula is C8H16N4O. The lowest BCUT2D eigenvalue weighted by Gasteiger charge is -2.07. The van der Waals surface area contributed by atoms with Crippen molar-refractivity contribution in [3.8, 4) is 0 Å². The summed E-state index contributed by atoms with van der Waals surface area (Å²) in [7, 11) is 1.67. The zero-order valence-electron chi connectivity index (χ0n) is 8.27. The van der Waals surface area contributed by atoms with E-state index >= 15 is 0 Å². The first kappa shape index (κ1) is 10.1. The van der Waals surface area contributed by atoms with E-state index in [2.05, 4.69) is 10.1 Å². The molecular weight excluding hydrogens is 168 g/mol. The third kappa shape index (κ3) is 2.78. The minimum Gasteiger partial charge on any atom is -0.380 e. The SMILES string of the molecule is COC(C)Cn1cnc(C(C)N)n1. The third-order valence-corrected chi connectivity index (χ3v) is 1.81. The van der Waals surface area contributed by atoms with Crippen LogP contribution in [0.3, 0.4) is 0 Å². The molecule has 74 valence electrons. The molecule has 0 saturated heterocycles. The Morgan fingerprint density at radius 1 is 1.62 bits per heavy atom. The Kier molecular flexibility index (Phi) is 3.39. The van der Waals surface area contributed by atoms with Crippen LogP contribution in [0.2, 0.25) is 0 Å². The molecule has 1 aromatic heterocycles. The van der Waals surface area contributed by atoms with E-state index in [1.807, 2.05) is 13.8 Å². The van der Waals surface area contributed by atoms with Crippen molar-refractivity contribution < 1.29 is 4.74 Å². The molecule has 1 aromatic rings. The predicted octanol–water partition coefficient (Wildman–Crippen LogP) is 0.333. The van der Waals surface area contributed by atoms with Crippen molar-refractivity contribution in [3.63, 3.8) is 0 Å². The van der Waals surface area contributed by atoms with Gasteiger partial charge in [0.05, 0.1) is 18.7 Å². The first-order chi connectivity index (χ1) is 6.13. The molecule has 0 aliphatic rings. The van der Waals surface area contributed by atoms with Gasteiger partial charge < -0.3 is 10.5 Å². The number of hydrogen-bond donors (Lipinski definition) is 1. The summed E-state index contributed by atoms with van der Waals surface area (Å²) in [5.74, 6) is 0.670. The summed E-state index contributed by atoms with van der Waals surface area (Å²) in [5.41, 5.74) is 5.62. The summed E-state index contributed by atoms with van der Waals surface area (Å²) < 4.78 is 6.85. The molecule has 5 heteroatoms. The largest absolute Gasteiger partial charge is 0.380 e. The molecule has 0 radical (unpaired) electrons. The summed E-state index contributed by atoms with van der Waals surface area (Å²) in [6, 6.07) is -0.112. The lowest BCUT2D eigenvalue weighted by Crippen LogP contribution is -2.16. The monoisotopic (exact) mass is 184 g/mol. The van der Waals surface area contributed by atoms with E-state index in [1.165, 1.54) is 0 Å². The molecule has 0 fully saturated rings. The highest BCUT2D eigenvalue weighted by Crippen LogP contribution is 2.01. The van der Waals surface area contributed by atoms with Crippen molar-refractivity contribution in [2.45, 2.75) is 32.5 Å². The molecule has 0 spiro atoms. The lowest BCUT2D eigenvalue weighted by molar-refractivity contribution is 0.0996. The zero-order valence-corrected chi connectivity index (χ0v) is 8.27. The van der Waals surface area contributed by atoms with Crippen LogP contribution in [0, 0.1) is 0 Å². The molecule has 2 N–H and O–H groups in total. The van der Waals surface area contributed by atoms with Gasteiger partial charge in [0.25, 0.3) is 0 Å². The van der Waals surface area contributed by atoms with Crippen LogP contribution in [-0.4, -0.2) is 28.0 Å². The first-order valence-electron chi connectivity index (χ1n) is 4.31. The van der Waals surface area contributed by atoms with Crippen LogP contribution in [0.1, 0.15) is 25.7 Å². The highest BCUT2D eigenvalue weighted by atomic mass is 16.5. The molecule has 5 nitrogen and oxygen atoms in total. The Balaban J connectivity index is 2.58. The summed E-state index contributed by atoms with van der Waals surface area (Å²) in [5, 5.41) is 4.20. The van der Waals surface area contributed by atoms with Crippen molar-refractivity contribution >= 4 is 0 Å². The normalized spacial score (nSPS) is 15.7. The van der Waals surface area contributed by atoms with E-state index in [0.717, 1.165) is 0 Å². The van der Waals surface area contributed by atoms with Gasteiger partial charge >= 0.3 is 0 Å². The van der Waals surface area contributed by atoms with E-state index in [9.17, 15) is 0 Å². The van der Waals surface area contributed by atoms with E-state index in [4.69, 9.17) is 10.5 Å². The van der Waals surface area contributed by atoms with Crippen molar-refractivity contribution in [1.82, 2.24) is 14.8 Å². The van der Waals surface area contributed by atoms with Gasteiger partial charge in [-0.15, -0.1) is 0 Å². The van der Waals surface area contributed by atoms with Gasteiger partial charge in [0, 0.05) is 7.11 Å². The van der Waals surface area contributed by atoms with Crippen molar-refractivity contribution in [2.24, 2.45) is 5.73 Å². The molecule has 0 aliphatic heterocycles. The molecule has 1 heterocycles. The molecule has 0 aromatic carbocycles. The van der Waals surface area contributed by atoms with Crippen LogP contribution < -0.4 is 5.73 Å². The van der Waals surface area contributed by atoms with Gasteiger partial charge in [-0.05, 0) is 13.8 Å². The van der Waals surface area contributed by atoms with Crippen molar-refractivity contribution in [2.75, 3.05) is 7.11 Å². The Hall–Kier alpha value is -0.940. The quantitative estimate of drug-likeness (QED) is 0.732. The van der Waals surface area contributed by atoms with Crippen LogP contribution in [0.4, 0.5) is 0 Å². The fourth-order valence-corrected chi connectivity index (χ4v) is 0.944. The number of methoxy groups -OCH3 is 1. The number of aromatic nitrogens is 3. The number of rotatable bonds is 4. The van der Waals surface area contributed by atoms with Gasteiger partial charge in [-0.25, -0.2) is 4.98 Å². The maximum Gasteiger partial charge on any atom is 0.166 e. The maximum absolute atomic E-state index is 5.62. The first-order valence-corrected chi connectivity index (χ1v) is 4.31. The summed E-state index contributed by atoms with van der Waals surface area (Å²) >= 11 is 0. The van der Waals surface area contributed by atoms with Crippen LogP contribution in [0.15, 0.2) is 6.33 Å². The second kappa shape index (κ2) is 4.34. The Morgan fingerprint density at radius 3 is 2.77 bits per heavy atom. The molecule has 0 saturated carbocycles. The van der Waals surface area contributed by atoms with Crippen LogP contribution in [0.5, 0.6) is 0 Å². The van der Waals surface area contributed by atoms with Crippen LogP contribution in [-0.2, 0) is 11.3 Å². The highest BCUT2D eigenvalue weighted by Gasteiger charge is 2.07. The number of hydrogen-bond acceptors (Lipinski definition) is 4. The average Bonchev–Trinajstić information content (AvgIpc) is 2.52. The van der Waals surface area contributed by atoms with Crippen LogP contribution >= 0.6 is 0 Å². The van der Waals surface area contributed by atoms with Crippen molar-refractivity contribution in [1.29, 1.82) is 0 Å². The fourth-order valence-electron chi connectivity index (χ4n) is 0.944. The number of ether oxygens (including phenoxy) is 1. The molecule has 2 unspecified atom stereocenters. The van der Waals surface area contributed by atoms with Gasteiger partial charge in [-0.3, -0.25) is 4.68 Å². The van der Waals surface area contributed by atoms with E-state index < -0.39 is 0 Å². The minimum atomic E-state index is -0.112. The predicted molar refractivity (Wildman–Crippen MR) is 49.1 cm³/mol. The van der Waals surface area contributed by atoms with Crippen LogP contribution in [0.25, 0.3) is 0 Å². The van der Waals surface area contributed by atoms with Gasteiger partial charge in [0.2, 0.25) is 0 Å². The molecule has 0 bridgehead atoms. The van der Waals surface area contributed by atoms with Gasteiger partial charge in [-0.2, -0.15) is 5.10 Å². The highest BCUT2D eigenvalue weighted by molar-refractivity contribution is 4.87. The second-order valence-electron chi connectivity index (χ2n) is 3.16. The fraction of sp³-hybridized carbons (Fsp3) is 0.750. The summed E-state index contributed by atoms with van der Waals surface area (Å²) in [4.78, 5) is 4.07. The zero-order chi connectivity index (χ0) is 9.84. The molecule has 13 heavy (non-hydrogen) atoms. The molecule has 2 atom stereocenters. The van der Waals surface area contributed by atoms with E-state index in [1.54, 1.807) is 18.1 Å². The average molecular weight is 184 g/mol. The minimum absolute atomic E-state index is 0.112. The maximum atomic E-state index is 5.62. The second-order valence-corrected chi connectivity index (χ2v) is 3.16. The lowest BCUT2D eigenvalue weighted by atomic mass is 10.3. The topological polar surface area (TPSA) is 66.0 Å². The molecule has 0 amide bonds. The van der Waals surface area contributed by atoms with Gasteiger partial charge in [0.1, 0.15) is 6.33 Å². The molecule has 1 rings (SSSR count). The van der Waals surface area contributed by atoms with Gasteiger partial charge in [-0.1, -0.05) is 0 Å². The number of nitrogens with zero attached hydrogens (tertiary/aromatic N) is 3. The summed E-state index contributed by atoms with van der Waals surface area (Å²) in [6.45, 7) is 4.54. The van der Waals surface area contributed by atoms with Gasteiger partial charge in [0.15, 0.2) is 5.82 Å². The Morgan fingerprint density at radius 2 is 2.31 bits per heavy atom. The standard InChI is InChI=1S/C8H16N4O/c1-6(13-3)4-12-5-10-8(11-12)7(2)9/h5-7H,4,9H2,1-3H3. The van der Waals surface area contributed by atoms with E-state index in [-0.39, 0.29) is 12.1 Å². The Bertz CT molecular complexity index is 258. The smallest absolute Gasteiger partial charge is 0.166 e. The Labute approximate surface area is 77.9 Å². The molecule has 0 aliphatic carbocycles.